The second-order valence-electron chi connectivity index (χ2n) is 7.54. The molecule has 1 unspecified atom stereocenters. The van der Waals surface area contributed by atoms with Gasteiger partial charge >= 0.3 is 5.97 Å². The first-order valence-corrected chi connectivity index (χ1v) is 11.6. The van der Waals surface area contributed by atoms with Gasteiger partial charge in [-0.1, -0.05) is 30.0 Å². The third kappa shape index (κ3) is 6.17. The summed E-state index contributed by atoms with van der Waals surface area (Å²) in [5.41, 5.74) is 3.31. The molecule has 2 rings (SSSR count). The van der Waals surface area contributed by atoms with Crippen molar-refractivity contribution in [1.29, 1.82) is 0 Å². The highest BCUT2D eigenvalue weighted by molar-refractivity contribution is 7.92. The molecular weight excluding hydrogens is 390 g/mol. The van der Waals surface area contributed by atoms with Gasteiger partial charge in [-0.3, -0.25) is 9.69 Å². The predicted octanol–water partition coefficient (Wildman–Crippen LogP) is 2.18. The Bertz CT molecular complexity index is 909. The number of carboxylic acid groups (broad SMARTS) is 1. The van der Waals surface area contributed by atoms with Crippen LogP contribution in [0.3, 0.4) is 0 Å². The summed E-state index contributed by atoms with van der Waals surface area (Å²) >= 11 is 0. The first kappa shape index (κ1) is 23.1. The Balaban J connectivity index is 1.95. The Labute approximate surface area is 173 Å². The number of benzene rings is 1. The van der Waals surface area contributed by atoms with Crippen molar-refractivity contribution in [2.24, 2.45) is 0 Å². The van der Waals surface area contributed by atoms with Crippen LogP contribution >= 0.6 is 0 Å². The molecule has 7 heteroatoms. The number of nitrogens with zero attached hydrogens (tertiary/aromatic N) is 1. The largest absolute Gasteiger partial charge is 0.480 e. The van der Waals surface area contributed by atoms with Gasteiger partial charge in [-0.05, 0) is 49.5 Å². The Hall–Kier alpha value is -2.14. The molecule has 0 aliphatic carbocycles. The molecule has 0 bridgehead atoms. The van der Waals surface area contributed by atoms with Crippen molar-refractivity contribution in [3.05, 3.63) is 41.5 Å². The molecule has 0 radical (unpaired) electrons. The number of aliphatic hydroxyl groups is 1. The van der Waals surface area contributed by atoms with Crippen LogP contribution in [0.1, 0.15) is 43.7 Å². The summed E-state index contributed by atoms with van der Waals surface area (Å²) in [5, 5.41) is 18.1. The molecule has 1 aliphatic heterocycles. The Morgan fingerprint density at radius 2 is 1.97 bits per heavy atom. The van der Waals surface area contributed by atoms with E-state index in [4.69, 9.17) is 5.11 Å². The lowest BCUT2D eigenvalue weighted by Crippen LogP contribution is -2.46. The topological polar surface area (TPSA) is 94.9 Å². The van der Waals surface area contributed by atoms with E-state index in [0.717, 1.165) is 30.3 Å². The van der Waals surface area contributed by atoms with Crippen molar-refractivity contribution in [3.8, 4) is 11.8 Å². The van der Waals surface area contributed by atoms with E-state index in [1.807, 2.05) is 24.3 Å². The smallest absolute Gasteiger partial charge is 0.324 e. The third-order valence-corrected chi connectivity index (χ3v) is 7.43. The zero-order valence-corrected chi connectivity index (χ0v) is 17.8. The molecule has 1 aliphatic rings. The molecule has 0 aromatic heterocycles. The Morgan fingerprint density at radius 1 is 1.28 bits per heavy atom. The normalized spacial score (nSPS) is 17.0. The van der Waals surface area contributed by atoms with Gasteiger partial charge in [0.05, 0.1) is 0 Å². The molecular formula is C22H29NO5S. The van der Waals surface area contributed by atoms with Crippen LogP contribution in [-0.4, -0.2) is 66.7 Å². The Kier molecular flexibility index (Phi) is 8.03. The van der Waals surface area contributed by atoms with Crippen molar-refractivity contribution in [3.63, 3.8) is 0 Å². The van der Waals surface area contributed by atoms with Crippen molar-refractivity contribution in [2.45, 2.75) is 37.4 Å². The minimum Gasteiger partial charge on any atom is -0.480 e. The van der Waals surface area contributed by atoms with E-state index >= 15 is 0 Å². The van der Waals surface area contributed by atoms with Crippen LogP contribution in [0, 0.1) is 11.8 Å². The number of unbranched alkanes of at least 4 members (excludes halogenated alkanes) is 1. The highest BCUT2D eigenvalue weighted by Gasteiger charge is 2.43. The fourth-order valence-electron chi connectivity index (χ4n) is 3.10. The molecule has 0 saturated carbocycles. The number of aliphatic hydroxyl groups excluding tert-OH is 1. The highest BCUT2D eigenvalue weighted by atomic mass is 32.2. The van der Waals surface area contributed by atoms with E-state index in [9.17, 15) is 18.3 Å². The first-order valence-electron chi connectivity index (χ1n) is 9.72. The number of carboxylic acids is 1. The van der Waals surface area contributed by atoms with Crippen molar-refractivity contribution in [1.82, 2.24) is 4.90 Å². The molecule has 2 N–H and O–H groups in total. The summed E-state index contributed by atoms with van der Waals surface area (Å²) in [5.74, 6) is 4.82. The standard InChI is InChI=1S/C22H29NO5S/c1-22(21(25)26,29(2,27)28)13-16-23-14-11-20(12-15-23)19-9-7-18(8-10-19)6-4-3-5-17-24/h7-11,24H,3,5,12-17H2,1-2H3,(H,25,26). The number of hydrogen-bond acceptors (Lipinski definition) is 5. The Morgan fingerprint density at radius 3 is 2.48 bits per heavy atom. The van der Waals surface area contributed by atoms with Crippen LogP contribution in [0.15, 0.2) is 30.3 Å². The quantitative estimate of drug-likeness (QED) is 0.495. The molecule has 0 amide bonds. The summed E-state index contributed by atoms with van der Waals surface area (Å²) in [6, 6.07) is 8.06. The molecule has 1 heterocycles. The summed E-state index contributed by atoms with van der Waals surface area (Å²) in [4.78, 5) is 13.6. The zero-order chi connectivity index (χ0) is 21.5. The second kappa shape index (κ2) is 10.1. The average Bonchev–Trinajstić information content (AvgIpc) is 2.69. The molecule has 1 aromatic rings. The molecule has 29 heavy (non-hydrogen) atoms. The maximum absolute atomic E-state index is 11.9. The van der Waals surface area contributed by atoms with Crippen LogP contribution in [0.5, 0.6) is 0 Å². The van der Waals surface area contributed by atoms with E-state index in [-0.39, 0.29) is 13.0 Å². The van der Waals surface area contributed by atoms with Crippen LogP contribution < -0.4 is 0 Å². The molecule has 0 saturated heterocycles. The molecule has 0 fully saturated rings. The number of carbonyl (C=O) groups is 1. The van der Waals surface area contributed by atoms with Crippen LogP contribution in [0.25, 0.3) is 5.57 Å². The minimum absolute atomic E-state index is 0.0635. The summed E-state index contributed by atoms with van der Waals surface area (Å²) in [6.45, 7) is 3.28. The van der Waals surface area contributed by atoms with Gasteiger partial charge in [0.15, 0.2) is 14.6 Å². The SMILES string of the molecule is CC(CCN1CC=C(c2ccc(C#CCCCO)cc2)CC1)(C(=O)O)S(C)(=O)=O. The molecule has 1 atom stereocenters. The third-order valence-electron chi connectivity index (χ3n) is 5.42. The number of sulfone groups is 1. The first-order chi connectivity index (χ1) is 13.7. The van der Waals surface area contributed by atoms with Gasteiger partial charge in [0.2, 0.25) is 0 Å². The number of rotatable bonds is 8. The van der Waals surface area contributed by atoms with Gasteiger partial charge in [-0.25, -0.2) is 8.42 Å². The van der Waals surface area contributed by atoms with E-state index in [1.54, 1.807) is 0 Å². The fourth-order valence-corrected chi connectivity index (χ4v) is 3.88. The van der Waals surface area contributed by atoms with Crippen LogP contribution in [-0.2, 0) is 14.6 Å². The lowest BCUT2D eigenvalue weighted by Gasteiger charge is -2.30. The van der Waals surface area contributed by atoms with E-state index in [2.05, 4.69) is 22.8 Å². The summed E-state index contributed by atoms with van der Waals surface area (Å²) in [7, 11) is -3.70. The van der Waals surface area contributed by atoms with Crippen molar-refractivity contribution < 1.29 is 23.4 Å². The number of hydrogen-bond donors (Lipinski definition) is 2. The second-order valence-corrected chi connectivity index (χ2v) is 9.99. The van der Waals surface area contributed by atoms with Gasteiger partial charge < -0.3 is 10.2 Å². The average molecular weight is 420 g/mol. The monoisotopic (exact) mass is 419 g/mol. The molecule has 0 spiro atoms. The van der Waals surface area contributed by atoms with Gasteiger partial charge in [0.25, 0.3) is 0 Å². The molecule has 6 nitrogen and oxygen atoms in total. The maximum atomic E-state index is 11.9. The van der Waals surface area contributed by atoms with Gasteiger partial charge in [0.1, 0.15) is 0 Å². The lowest BCUT2D eigenvalue weighted by molar-refractivity contribution is -0.139. The summed E-state index contributed by atoms with van der Waals surface area (Å²) in [6.07, 6.45) is 5.35. The van der Waals surface area contributed by atoms with Crippen LogP contribution in [0.4, 0.5) is 0 Å². The molecule has 158 valence electrons. The summed E-state index contributed by atoms with van der Waals surface area (Å²) < 4.78 is 22.0. The van der Waals surface area contributed by atoms with E-state index < -0.39 is 20.6 Å². The lowest BCUT2D eigenvalue weighted by atomic mass is 9.98. The highest BCUT2D eigenvalue weighted by Crippen LogP contribution is 2.25. The van der Waals surface area contributed by atoms with Crippen LogP contribution in [0.2, 0.25) is 0 Å². The van der Waals surface area contributed by atoms with Crippen molar-refractivity contribution >= 4 is 21.4 Å². The fraction of sp³-hybridized carbons (Fsp3) is 0.500. The van der Waals surface area contributed by atoms with Gasteiger partial charge in [-0.15, -0.1) is 0 Å². The van der Waals surface area contributed by atoms with E-state index in [1.165, 1.54) is 12.5 Å². The van der Waals surface area contributed by atoms with E-state index in [0.29, 0.717) is 25.9 Å². The predicted molar refractivity (Wildman–Crippen MR) is 114 cm³/mol. The van der Waals surface area contributed by atoms with Gasteiger partial charge in [-0.2, -0.15) is 0 Å². The zero-order valence-electron chi connectivity index (χ0n) is 17.0. The maximum Gasteiger partial charge on any atom is 0.324 e. The number of aliphatic carboxylic acids is 1. The minimum atomic E-state index is -3.70. The van der Waals surface area contributed by atoms with Crippen molar-refractivity contribution in [2.75, 3.05) is 32.5 Å². The van der Waals surface area contributed by atoms with Gasteiger partial charge in [0, 0.05) is 44.5 Å². The molecule has 1 aromatic carbocycles.